The van der Waals surface area contributed by atoms with E-state index < -0.39 is 26.7 Å². The van der Waals surface area contributed by atoms with Crippen molar-refractivity contribution >= 4 is 25.9 Å². The summed E-state index contributed by atoms with van der Waals surface area (Å²) in [6.07, 6.45) is 1.96. The molecule has 0 bridgehead atoms. The third-order valence-electron chi connectivity index (χ3n) is 2.94. The fraction of sp³-hybridized carbons (Fsp3) is 0.800. The number of esters is 2. The van der Waals surface area contributed by atoms with E-state index in [2.05, 4.69) is 0 Å². The van der Waals surface area contributed by atoms with Gasteiger partial charge in [-0.1, -0.05) is 6.92 Å². The Morgan fingerprint density at radius 3 is 2.31 bits per heavy atom. The minimum Gasteiger partial charge on any atom is -0.438 e. The van der Waals surface area contributed by atoms with Crippen LogP contribution in [0, 0.1) is 0 Å². The van der Waals surface area contributed by atoms with E-state index in [9.17, 15) is 18.9 Å². The molecule has 0 rings (SSSR count). The van der Waals surface area contributed by atoms with Crippen LogP contribution in [0.3, 0.4) is 0 Å². The minimum atomic E-state index is -2.04. The maximum absolute atomic E-state index is 11.5. The highest BCUT2D eigenvalue weighted by atomic mass is 31.1. The van der Waals surface area contributed by atoms with E-state index in [1.807, 2.05) is 6.92 Å². The Kier molecular flexibility index (Phi) is 14.7. The van der Waals surface area contributed by atoms with Crippen molar-refractivity contribution in [3.05, 3.63) is 0 Å². The fourth-order valence-corrected chi connectivity index (χ4v) is 2.29. The molecule has 0 aliphatic carbocycles. The Balaban J connectivity index is 3.52. The number of amides is 1. The van der Waals surface area contributed by atoms with Crippen molar-refractivity contribution in [3.63, 3.8) is 0 Å². The van der Waals surface area contributed by atoms with Crippen LogP contribution in [0.4, 0.5) is 0 Å². The highest BCUT2D eigenvalue weighted by Crippen LogP contribution is 2.23. The number of hydroxylamine groups is 2. The van der Waals surface area contributed by atoms with Gasteiger partial charge in [0, 0.05) is 32.7 Å². The lowest BCUT2D eigenvalue weighted by Gasteiger charge is -2.05. The van der Waals surface area contributed by atoms with Gasteiger partial charge in [0.05, 0.1) is 6.61 Å². The summed E-state index contributed by atoms with van der Waals surface area (Å²) in [6.45, 7) is 1.52. The normalized spacial score (nSPS) is 11.0. The van der Waals surface area contributed by atoms with Gasteiger partial charge in [-0.3, -0.25) is 19.6 Å². The molecule has 1 N–H and O–H groups in total. The molecule has 1 amide bonds. The topological polar surface area (TPSA) is 129 Å². The lowest BCUT2D eigenvalue weighted by molar-refractivity contribution is -0.159. The SMILES string of the molecule is CCCC(=O)OCOCCCC(=O)OCO[P+](=O)CCCC(=O)N(C)O. The number of rotatable bonds is 15. The molecule has 0 radical (unpaired) electrons. The van der Waals surface area contributed by atoms with E-state index >= 15 is 0 Å². The van der Waals surface area contributed by atoms with Gasteiger partial charge in [0.25, 0.3) is 0 Å². The Labute approximate surface area is 153 Å². The van der Waals surface area contributed by atoms with Crippen molar-refractivity contribution in [1.29, 1.82) is 0 Å². The van der Waals surface area contributed by atoms with Crippen LogP contribution in [0.5, 0.6) is 0 Å². The van der Waals surface area contributed by atoms with Crippen molar-refractivity contribution in [2.75, 3.05) is 33.4 Å². The summed E-state index contributed by atoms with van der Waals surface area (Å²) in [5.41, 5.74) is 0. The molecule has 11 heteroatoms. The molecule has 26 heavy (non-hydrogen) atoms. The van der Waals surface area contributed by atoms with Crippen LogP contribution in [-0.4, -0.2) is 61.5 Å². The maximum atomic E-state index is 11.5. The van der Waals surface area contributed by atoms with Crippen LogP contribution >= 0.6 is 8.03 Å². The third-order valence-corrected chi connectivity index (χ3v) is 4.01. The summed E-state index contributed by atoms with van der Waals surface area (Å²) in [4.78, 5) is 33.5. The summed E-state index contributed by atoms with van der Waals surface area (Å²) in [5.74, 6) is -1.34. The van der Waals surface area contributed by atoms with E-state index in [-0.39, 0.29) is 44.8 Å². The molecule has 0 aromatic carbocycles. The first-order valence-corrected chi connectivity index (χ1v) is 9.65. The largest absolute Gasteiger partial charge is 0.511 e. The molecule has 0 heterocycles. The number of carbonyl (C=O) groups excluding carboxylic acids is 3. The van der Waals surface area contributed by atoms with Gasteiger partial charge in [-0.2, -0.15) is 0 Å². The predicted octanol–water partition coefficient (Wildman–Crippen LogP) is 1.97. The molecule has 10 nitrogen and oxygen atoms in total. The van der Waals surface area contributed by atoms with Gasteiger partial charge in [0.1, 0.15) is 0 Å². The van der Waals surface area contributed by atoms with E-state index in [1.54, 1.807) is 0 Å². The van der Waals surface area contributed by atoms with Gasteiger partial charge in [0.15, 0.2) is 13.0 Å². The number of nitrogens with zero attached hydrogens (tertiary/aromatic N) is 1. The first kappa shape index (κ1) is 24.4. The lowest BCUT2D eigenvalue weighted by atomic mass is 10.3. The van der Waals surface area contributed by atoms with Crippen molar-refractivity contribution in [3.8, 4) is 0 Å². The monoisotopic (exact) mass is 396 g/mol. The molecule has 1 atom stereocenters. The molecule has 0 fully saturated rings. The first-order valence-electron chi connectivity index (χ1n) is 8.28. The predicted molar refractivity (Wildman–Crippen MR) is 89.4 cm³/mol. The molecule has 0 spiro atoms. The van der Waals surface area contributed by atoms with E-state index in [0.29, 0.717) is 24.3 Å². The Bertz CT molecular complexity index is 456. The third kappa shape index (κ3) is 14.7. The van der Waals surface area contributed by atoms with Gasteiger partial charge >= 0.3 is 20.0 Å². The van der Waals surface area contributed by atoms with Crippen LogP contribution in [-0.2, 0) is 37.7 Å². The molecular formula is C15H27NO9P+. The number of hydrogen-bond acceptors (Lipinski definition) is 9. The molecule has 0 saturated carbocycles. The van der Waals surface area contributed by atoms with E-state index in [0.717, 1.165) is 0 Å². The zero-order chi connectivity index (χ0) is 19.8. The molecule has 150 valence electrons. The first-order chi connectivity index (χ1) is 12.4. The lowest BCUT2D eigenvalue weighted by Crippen LogP contribution is -2.22. The highest BCUT2D eigenvalue weighted by Gasteiger charge is 2.19. The number of ether oxygens (including phenoxy) is 3. The van der Waals surface area contributed by atoms with Crippen LogP contribution in [0.15, 0.2) is 0 Å². The summed E-state index contributed by atoms with van der Waals surface area (Å²) in [7, 11) is -0.834. The molecule has 0 aromatic heterocycles. The average Bonchev–Trinajstić information content (AvgIpc) is 2.58. The summed E-state index contributed by atoms with van der Waals surface area (Å²) < 4.78 is 30.9. The second kappa shape index (κ2) is 15.6. The molecular weight excluding hydrogens is 369 g/mol. The summed E-state index contributed by atoms with van der Waals surface area (Å²) in [6, 6.07) is 0. The standard InChI is InChI=1S/C15H27NO9P/c1-3-6-14(18)23-11-22-9-4-8-15(19)24-12-25-26(21)10-5-7-13(17)16(2)20/h20H,3-12H2,1-2H3/q+1. The maximum Gasteiger partial charge on any atom is 0.511 e. The van der Waals surface area contributed by atoms with Crippen molar-refractivity contribution in [2.24, 2.45) is 0 Å². The van der Waals surface area contributed by atoms with Gasteiger partial charge < -0.3 is 14.2 Å². The van der Waals surface area contributed by atoms with Crippen LogP contribution in [0.1, 0.15) is 45.4 Å². The Hall–Kier alpha value is -1.61. The zero-order valence-electron chi connectivity index (χ0n) is 15.2. The summed E-state index contributed by atoms with van der Waals surface area (Å²) >= 11 is 0. The van der Waals surface area contributed by atoms with Gasteiger partial charge in [0.2, 0.25) is 12.7 Å². The summed E-state index contributed by atoms with van der Waals surface area (Å²) in [5, 5.41) is 9.31. The number of carbonyl (C=O) groups is 3. The zero-order valence-corrected chi connectivity index (χ0v) is 16.1. The van der Waals surface area contributed by atoms with Crippen molar-refractivity contribution < 1.29 is 42.9 Å². The molecule has 0 aliphatic rings. The second-order valence-corrected chi connectivity index (χ2v) is 6.61. The quantitative estimate of drug-likeness (QED) is 0.110. The molecule has 0 aliphatic heterocycles. The van der Waals surface area contributed by atoms with Gasteiger partial charge in [-0.15, -0.1) is 4.52 Å². The fourth-order valence-electron chi connectivity index (χ4n) is 1.57. The van der Waals surface area contributed by atoms with Gasteiger partial charge in [-0.25, -0.2) is 5.06 Å². The van der Waals surface area contributed by atoms with Crippen molar-refractivity contribution in [1.82, 2.24) is 5.06 Å². The second-order valence-electron chi connectivity index (χ2n) is 5.24. The average molecular weight is 396 g/mol. The smallest absolute Gasteiger partial charge is 0.438 e. The highest BCUT2D eigenvalue weighted by molar-refractivity contribution is 7.39. The van der Waals surface area contributed by atoms with Crippen LogP contribution < -0.4 is 0 Å². The van der Waals surface area contributed by atoms with Crippen LogP contribution in [0.2, 0.25) is 0 Å². The number of hydrogen-bond donors (Lipinski definition) is 1. The van der Waals surface area contributed by atoms with E-state index in [4.69, 9.17) is 23.9 Å². The van der Waals surface area contributed by atoms with Crippen LogP contribution in [0.25, 0.3) is 0 Å². The van der Waals surface area contributed by atoms with E-state index in [1.165, 1.54) is 7.05 Å². The van der Waals surface area contributed by atoms with Crippen molar-refractivity contribution in [2.45, 2.75) is 45.4 Å². The van der Waals surface area contributed by atoms with Gasteiger partial charge in [-0.05, 0) is 17.4 Å². The molecule has 1 unspecified atom stereocenters. The molecule has 0 aromatic rings. The minimum absolute atomic E-state index is 0.0466. The Morgan fingerprint density at radius 1 is 1.00 bits per heavy atom. The Morgan fingerprint density at radius 2 is 1.65 bits per heavy atom. The molecule has 0 saturated heterocycles.